The Bertz CT molecular complexity index is 1310. The Hall–Kier alpha value is -2.86. The van der Waals surface area contributed by atoms with Gasteiger partial charge in [0.2, 0.25) is 0 Å². The van der Waals surface area contributed by atoms with Crippen LogP contribution in [0.5, 0.6) is 0 Å². The molecule has 1 heterocycles. The van der Waals surface area contributed by atoms with E-state index in [1.807, 2.05) is 0 Å². The maximum Gasteiger partial charge on any atom is 0.190 e. The van der Waals surface area contributed by atoms with Crippen molar-refractivity contribution in [2.45, 2.75) is 46.3 Å². The smallest absolute Gasteiger partial charge is 0.190 e. The molecule has 0 amide bonds. The largest absolute Gasteiger partial charge is 0.299 e. The monoisotopic (exact) mass is 353 g/mol. The molecule has 0 aliphatic heterocycles. The maximum absolute atomic E-state index is 8.76. The molecule has 0 aliphatic rings. The van der Waals surface area contributed by atoms with Gasteiger partial charge in [-0.1, -0.05) is 57.9 Å². The molecule has 3 nitrogen and oxygen atoms in total. The molecule has 2 unspecified atom stereocenters. The lowest BCUT2D eigenvalue weighted by Crippen LogP contribution is -2.07. The molecular weight excluding hydrogens is 318 g/mol. The Morgan fingerprint density at radius 3 is 2.50 bits per heavy atom. The first-order valence-electron chi connectivity index (χ1n) is 13.0. The lowest BCUT2D eigenvalue weighted by atomic mass is 9.92. The molecular formula is C23H25N3. The normalized spacial score (nSPS) is 22.2. The van der Waals surface area contributed by atoms with E-state index in [0.717, 1.165) is 18.4 Å². The van der Waals surface area contributed by atoms with E-state index in [4.69, 9.17) is 20.3 Å². The van der Waals surface area contributed by atoms with Crippen LogP contribution in [0.25, 0.3) is 21.9 Å². The second-order valence-electron chi connectivity index (χ2n) is 6.06. The van der Waals surface area contributed by atoms with Gasteiger partial charge in [0.25, 0.3) is 0 Å². The van der Waals surface area contributed by atoms with Crippen molar-refractivity contribution in [3.8, 4) is 17.1 Å². The minimum absolute atomic E-state index is 0.00807. The van der Waals surface area contributed by atoms with Crippen LogP contribution < -0.4 is 0 Å². The quantitative estimate of drug-likeness (QED) is 0.482. The highest BCUT2D eigenvalue weighted by atomic mass is 15.1. The summed E-state index contributed by atoms with van der Waals surface area (Å²) in [6, 6.07) is 8.87. The molecule has 0 saturated heterocycles. The van der Waals surface area contributed by atoms with Crippen molar-refractivity contribution in [2.24, 2.45) is 0 Å². The summed E-state index contributed by atoms with van der Waals surface area (Å²) in [7, 11) is 0. The van der Waals surface area contributed by atoms with Crippen LogP contribution in [0.15, 0.2) is 48.7 Å². The lowest BCUT2D eigenvalue weighted by Gasteiger charge is -2.22. The van der Waals surface area contributed by atoms with Gasteiger partial charge in [0.05, 0.1) is 15.0 Å². The highest BCUT2D eigenvalue weighted by molar-refractivity contribution is 5.68. The minimum atomic E-state index is -2.85. The number of aryl methyl sites for hydroxylation is 1. The maximum atomic E-state index is 8.76. The summed E-state index contributed by atoms with van der Waals surface area (Å²) in [6.07, 6.45) is -0.955. The van der Waals surface area contributed by atoms with E-state index in [0.29, 0.717) is 16.8 Å². The SMILES string of the molecule is [2H]c1nc(-c2ccc(C)c([N+]#[C-])c2)n(-c2c(C([2H])(C)C([2H])([2H])[2H])cccc2C([2H])(C)C([2H])([2H])[2H])c1[2H]. The molecule has 0 aliphatic carbocycles. The number of benzene rings is 2. The van der Waals surface area contributed by atoms with Crippen molar-refractivity contribution in [2.75, 3.05) is 0 Å². The molecule has 0 N–H and O–H groups in total. The van der Waals surface area contributed by atoms with Gasteiger partial charge < -0.3 is 0 Å². The predicted octanol–water partition coefficient (Wildman–Crippen LogP) is 6.65. The molecule has 0 fully saturated rings. The standard InChI is InChI=1S/C23H25N3/c1-15(2)19-8-7-9-20(16(3)4)22(19)26-13-12-25-23(26)18-11-10-17(5)21(14-18)24-6/h7-16H,1-5H3/i1D3,3D3,12D,13D,15D,16D. The van der Waals surface area contributed by atoms with Crippen LogP contribution in [-0.4, -0.2) is 9.55 Å². The number of aromatic nitrogens is 2. The first-order chi connectivity index (χ1) is 16.4. The van der Waals surface area contributed by atoms with E-state index < -0.39 is 37.8 Å². The van der Waals surface area contributed by atoms with E-state index in [-0.39, 0.29) is 22.6 Å². The fourth-order valence-electron chi connectivity index (χ4n) is 2.84. The number of nitrogens with zero attached hydrogens (tertiary/aromatic N) is 3. The van der Waals surface area contributed by atoms with Gasteiger partial charge in [-0.05, 0) is 41.5 Å². The van der Waals surface area contributed by atoms with Gasteiger partial charge in [0.15, 0.2) is 5.69 Å². The molecule has 3 rings (SSSR count). The lowest BCUT2D eigenvalue weighted by molar-refractivity contribution is 0.807. The van der Waals surface area contributed by atoms with Crippen molar-refractivity contribution < 1.29 is 13.7 Å². The van der Waals surface area contributed by atoms with E-state index in [1.54, 1.807) is 19.1 Å². The van der Waals surface area contributed by atoms with E-state index in [1.165, 1.54) is 24.3 Å². The molecule has 132 valence electrons. The Balaban J connectivity index is 2.56. The second kappa shape index (κ2) is 7.17. The Labute approximate surface area is 170 Å². The average Bonchev–Trinajstić information content (AvgIpc) is 3.06. The van der Waals surface area contributed by atoms with Gasteiger partial charge in [-0.2, -0.15) is 0 Å². The van der Waals surface area contributed by atoms with E-state index in [9.17, 15) is 0 Å². The summed E-state index contributed by atoms with van der Waals surface area (Å²) < 4.78 is 83.3. The molecule has 0 saturated carbocycles. The number of rotatable bonds is 4. The summed E-state index contributed by atoms with van der Waals surface area (Å²) in [5, 5.41) is 0. The third kappa shape index (κ3) is 3.15. The number of imidazole rings is 1. The summed E-state index contributed by atoms with van der Waals surface area (Å²) in [5.74, 6) is -4.55. The zero-order valence-corrected chi connectivity index (χ0v) is 14.8. The fraction of sp³-hybridized carbons (Fsp3) is 0.304. The van der Waals surface area contributed by atoms with Crippen LogP contribution in [0, 0.1) is 13.5 Å². The van der Waals surface area contributed by atoms with E-state index in [2.05, 4.69) is 9.83 Å². The summed E-state index contributed by atoms with van der Waals surface area (Å²) in [6.45, 7) is 5.77. The minimum Gasteiger partial charge on any atom is -0.299 e. The molecule has 3 aromatic rings. The summed E-state index contributed by atoms with van der Waals surface area (Å²) in [4.78, 5) is 7.64. The topological polar surface area (TPSA) is 22.2 Å². The van der Waals surface area contributed by atoms with Gasteiger partial charge in [-0.25, -0.2) is 9.83 Å². The zero-order valence-electron chi connectivity index (χ0n) is 24.8. The molecule has 0 bridgehead atoms. The summed E-state index contributed by atoms with van der Waals surface area (Å²) >= 11 is 0. The first-order valence-corrected chi connectivity index (χ1v) is 8.05. The molecule has 26 heavy (non-hydrogen) atoms. The van der Waals surface area contributed by atoms with E-state index >= 15 is 0 Å². The van der Waals surface area contributed by atoms with Crippen LogP contribution >= 0.6 is 0 Å². The highest BCUT2D eigenvalue weighted by Gasteiger charge is 2.18. The third-order valence-electron chi connectivity index (χ3n) is 4.19. The van der Waals surface area contributed by atoms with Crippen LogP contribution in [0.3, 0.4) is 0 Å². The van der Waals surface area contributed by atoms with Gasteiger partial charge in [0.1, 0.15) is 5.82 Å². The molecule has 3 heteroatoms. The van der Waals surface area contributed by atoms with Crippen molar-refractivity contribution in [3.05, 3.63) is 76.9 Å². The number of hydrogen-bond acceptors (Lipinski definition) is 1. The van der Waals surface area contributed by atoms with Crippen LogP contribution in [-0.2, 0) is 0 Å². The third-order valence-corrected chi connectivity index (χ3v) is 4.19. The van der Waals surface area contributed by atoms with Gasteiger partial charge >= 0.3 is 0 Å². The van der Waals surface area contributed by atoms with Crippen molar-refractivity contribution in [3.63, 3.8) is 0 Å². The zero-order chi connectivity index (χ0) is 27.4. The second-order valence-corrected chi connectivity index (χ2v) is 6.06. The van der Waals surface area contributed by atoms with Crippen LogP contribution in [0.2, 0.25) is 0 Å². The fourth-order valence-corrected chi connectivity index (χ4v) is 2.84. The molecule has 2 aromatic carbocycles. The molecule has 2 atom stereocenters. The predicted molar refractivity (Wildman–Crippen MR) is 108 cm³/mol. The van der Waals surface area contributed by atoms with Crippen LogP contribution in [0.1, 0.15) is 69.7 Å². The van der Waals surface area contributed by atoms with Gasteiger partial charge in [0, 0.05) is 28.9 Å². The average molecular weight is 354 g/mol. The van der Waals surface area contributed by atoms with Crippen molar-refractivity contribution >= 4 is 5.69 Å². The summed E-state index contributed by atoms with van der Waals surface area (Å²) in [5.41, 5.74) is 0.859. The first kappa shape index (κ1) is 9.19. The van der Waals surface area contributed by atoms with Crippen LogP contribution in [0.4, 0.5) is 5.69 Å². The molecule has 0 spiro atoms. The van der Waals surface area contributed by atoms with Gasteiger partial charge in [-0.15, -0.1) is 0 Å². The number of hydrogen-bond donors (Lipinski definition) is 0. The Kier molecular flexibility index (Phi) is 2.53. The van der Waals surface area contributed by atoms with Crippen molar-refractivity contribution in [1.82, 2.24) is 9.55 Å². The Morgan fingerprint density at radius 2 is 1.88 bits per heavy atom. The highest BCUT2D eigenvalue weighted by Crippen LogP contribution is 2.34. The Morgan fingerprint density at radius 1 is 1.19 bits per heavy atom. The van der Waals surface area contributed by atoms with Gasteiger partial charge in [-0.3, -0.25) is 4.57 Å². The number of para-hydroxylation sites is 1. The van der Waals surface area contributed by atoms with Crippen molar-refractivity contribution in [1.29, 1.82) is 0 Å². The molecule has 0 radical (unpaired) electrons. The molecule has 1 aromatic heterocycles.